The first kappa shape index (κ1) is 15.5. The molecule has 0 fully saturated rings. The summed E-state index contributed by atoms with van der Waals surface area (Å²) in [6, 6.07) is 5.55. The van der Waals surface area contributed by atoms with Crippen molar-refractivity contribution in [3.63, 3.8) is 0 Å². The van der Waals surface area contributed by atoms with Crippen molar-refractivity contribution in [3.05, 3.63) is 29.3 Å². The fraction of sp³-hybridized carbons (Fsp3) is 0.533. The van der Waals surface area contributed by atoms with Crippen LogP contribution in [0.4, 0.5) is 0 Å². The molecule has 0 radical (unpaired) electrons. The summed E-state index contributed by atoms with van der Waals surface area (Å²) in [6.07, 6.45) is 1.66. The van der Waals surface area contributed by atoms with Crippen LogP contribution in [0.5, 0.6) is 5.75 Å². The van der Waals surface area contributed by atoms with Crippen molar-refractivity contribution in [2.24, 2.45) is 5.73 Å². The van der Waals surface area contributed by atoms with E-state index in [4.69, 9.17) is 10.5 Å². The van der Waals surface area contributed by atoms with Gasteiger partial charge in [0.15, 0.2) is 0 Å². The Morgan fingerprint density at radius 2 is 2.00 bits per heavy atom. The molecule has 1 rings (SSSR count). The summed E-state index contributed by atoms with van der Waals surface area (Å²) < 4.78 is 5.21. The minimum absolute atomic E-state index is 0.141. The van der Waals surface area contributed by atoms with E-state index < -0.39 is 0 Å². The average Bonchev–Trinajstić information content (AvgIpc) is 2.44. The van der Waals surface area contributed by atoms with Gasteiger partial charge in [0.05, 0.1) is 12.7 Å². The van der Waals surface area contributed by atoms with Crippen LogP contribution in [0, 0.1) is 6.92 Å². The molecule has 1 aromatic carbocycles. The van der Waals surface area contributed by atoms with Gasteiger partial charge in [-0.05, 0) is 31.9 Å². The first-order valence-electron chi connectivity index (χ1n) is 6.67. The Labute approximate surface area is 115 Å². The lowest BCUT2D eigenvalue weighted by Gasteiger charge is -2.27. The number of rotatable bonds is 6. The molecule has 0 atom stereocenters. The zero-order valence-corrected chi connectivity index (χ0v) is 12.2. The Kier molecular flexibility index (Phi) is 5.36. The molecule has 0 unspecified atom stereocenters. The van der Waals surface area contributed by atoms with E-state index in [1.54, 1.807) is 13.2 Å². The number of carbonyl (C=O) groups excluding carboxylic acids is 1. The van der Waals surface area contributed by atoms with Crippen molar-refractivity contribution >= 4 is 5.91 Å². The molecule has 3 N–H and O–H groups in total. The van der Waals surface area contributed by atoms with Crippen LogP contribution in [0.1, 0.15) is 42.6 Å². The molecule has 0 saturated carbocycles. The van der Waals surface area contributed by atoms with Gasteiger partial charge in [-0.3, -0.25) is 4.79 Å². The van der Waals surface area contributed by atoms with Crippen LogP contribution >= 0.6 is 0 Å². The van der Waals surface area contributed by atoms with Crippen molar-refractivity contribution < 1.29 is 9.53 Å². The van der Waals surface area contributed by atoms with Gasteiger partial charge < -0.3 is 15.8 Å². The molecule has 19 heavy (non-hydrogen) atoms. The van der Waals surface area contributed by atoms with Crippen LogP contribution in [-0.2, 0) is 0 Å². The predicted molar refractivity (Wildman–Crippen MR) is 77.6 cm³/mol. The van der Waals surface area contributed by atoms with Gasteiger partial charge in [-0.1, -0.05) is 25.5 Å². The monoisotopic (exact) mass is 264 g/mol. The van der Waals surface area contributed by atoms with Gasteiger partial charge >= 0.3 is 0 Å². The molecule has 106 valence electrons. The summed E-state index contributed by atoms with van der Waals surface area (Å²) in [5, 5.41) is 2.90. The highest BCUT2D eigenvalue weighted by Gasteiger charge is 2.22. The number of carbonyl (C=O) groups is 1. The SMILES string of the molecule is CCC(N)(CC)CNC(=O)c1cc(C)ccc1OC. The van der Waals surface area contributed by atoms with Crippen LogP contribution in [0.25, 0.3) is 0 Å². The average molecular weight is 264 g/mol. The molecule has 0 spiro atoms. The Bertz CT molecular complexity index is 440. The highest BCUT2D eigenvalue weighted by atomic mass is 16.5. The predicted octanol–water partition coefficient (Wildman–Crippen LogP) is 2.25. The van der Waals surface area contributed by atoms with Crippen molar-refractivity contribution in [1.82, 2.24) is 5.32 Å². The molecule has 0 aliphatic carbocycles. The summed E-state index contributed by atoms with van der Waals surface area (Å²) in [7, 11) is 1.56. The molecule has 4 nitrogen and oxygen atoms in total. The maximum absolute atomic E-state index is 12.2. The normalized spacial score (nSPS) is 11.2. The number of aryl methyl sites for hydroxylation is 1. The summed E-state index contributed by atoms with van der Waals surface area (Å²) in [4.78, 5) is 12.2. The van der Waals surface area contributed by atoms with Gasteiger partial charge in [0, 0.05) is 12.1 Å². The smallest absolute Gasteiger partial charge is 0.255 e. The van der Waals surface area contributed by atoms with Crippen molar-refractivity contribution in [2.45, 2.75) is 39.2 Å². The number of benzene rings is 1. The van der Waals surface area contributed by atoms with E-state index in [2.05, 4.69) is 5.32 Å². The third-order valence-corrected chi connectivity index (χ3v) is 3.61. The summed E-state index contributed by atoms with van der Waals surface area (Å²) in [5.41, 5.74) is 7.41. The summed E-state index contributed by atoms with van der Waals surface area (Å²) >= 11 is 0. The van der Waals surface area contributed by atoms with E-state index >= 15 is 0 Å². The second kappa shape index (κ2) is 6.57. The minimum atomic E-state index is -0.341. The lowest BCUT2D eigenvalue weighted by molar-refractivity contribution is 0.0939. The largest absolute Gasteiger partial charge is 0.496 e. The van der Waals surface area contributed by atoms with Crippen LogP contribution in [0.2, 0.25) is 0 Å². The summed E-state index contributed by atoms with van der Waals surface area (Å²) in [6.45, 7) is 6.48. The van der Waals surface area contributed by atoms with Gasteiger partial charge in [-0.25, -0.2) is 0 Å². The molecule has 0 aliphatic heterocycles. The molecule has 4 heteroatoms. The van der Waals surface area contributed by atoms with E-state index in [1.165, 1.54) is 0 Å². The van der Waals surface area contributed by atoms with Crippen LogP contribution in [0.3, 0.4) is 0 Å². The second-order valence-corrected chi connectivity index (χ2v) is 4.96. The number of methoxy groups -OCH3 is 1. The number of nitrogens with two attached hydrogens (primary N) is 1. The van der Waals surface area contributed by atoms with Gasteiger partial charge in [-0.2, -0.15) is 0 Å². The molecular formula is C15H24N2O2. The maximum atomic E-state index is 12.2. The number of nitrogens with one attached hydrogen (secondary N) is 1. The van der Waals surface area contributed by atoms with E-state index in [0.717, 1.165) is 18.4 Å². The molecule has 0 aromatic heterocycles. The van der Waals surface area contributed by atoms with Crippen LogP contribution in [-0.4, -0.2) is 25.1 Å². The molecule has 0 bridgehead atoms. The van der Waals surface area contributed by atoms with Crippen molar-refractivity contribution in [1.29, 1.82) is 0 Å². The van der Waals surface area contributed by atoms with E-state index in [1.807, 2.05) is 32.9 Å². The Balaban J connectivity index is 2.81. The van der Waals surface area contributed by atoms with Gasteiger partial charge in [-0.15, -0.1) is 0 Å². The fourth-order valence-electron chi connectivity index (χ4n) is 1.85. The number of amides is 1. The maximum Gasteiger partial charge on any atom is 0.255 e. The highest BCUT2D eigenvalue weighted by Crippen LogP contribution is 2.19. The Hall–Kier alpha value is -1.55. The minimum Gasteiger partial charge on any atom is -0.496 e. The van der Waals surface area contributed by atoms with Gasteiger partial charge in [0.1, 0.15) is 5.75 Å². The quantitative estimate of drug-likeness (QED) is 0.828. The lowest BCUT2D eigenvalue weighted by Crippen LogP contribution is -2.49. The van der Waals surface area contributed by atoms with Gasteiger partial charge in [0.25, 0.3) is 5.91 Å². The molecule has 1 aromatic rings. The molecule has 0 aliphatic rings. The molecule has 0 heterocycles. The highest BCUT2D eigenvalue weighted by molar-refractivity contribution is 5.97. The third kappa shape index (κ3) is 3.96. The number of ether oxygens (including phenoxy) is 1. The molecule has 1 amide bonds. The van der Waals surface area contributed by atoms with Crippen molar-refractivity contribution in [3.8, 4) is 5.75 Å². The first-order valence-corrected chi connectivity index (χ1v) is 6.67. The van der Waals surface area contributed by atoms with Crippen LogP contribution < -0.4 is 15.8 Å². The third-order valence-electron chi connectivity index (χ3n) is 3.61. The zero-order valence-electron chi connectivity index (χ0n) is 12.2. The molecule has 0 saturated heterocycles. The Morgan fingerprint density at radius 1 is 1.37 bits per heavy atom. The first-order chi connectivity index (χ1) is 8.95. The lowest BCUT2D eigenvalue weighted by atomic mass is 9.94. The standard InChI is InChI=1S/C15H24N2O2/c1-5-15(16,6-2)10-17-14(18)12-9-11(3)7-8-13(12)19-4/h7-9H,5-6,10,16H2,1-4H3,(H,17,18). The topological polar surface area (TPSA) is 64.3 Å². The van der Waals surface area contributed by atoms with Crippen LogP contribution in [0.15, 0.2) is 18.2 Å². The fourth-order valence-corrected chi connectivity index (χ4v) is 1.85. The number of hydrogen-bond acceptors (Lipinski definition) is 3. The number of hydrogen-bond donors (Lipinski definition) is 2. The van der Waals surface area contributed by atoms with Crippen molar-refractivity contribution in [2.75, 3.05) is 13.7 Å². The van der Waals surface area contributed by atoms with Gasteiger partial charge in [0.2, 0.25) is 0 Å². The Morgan fingerprint density at radius 3 is 2.53 bits per heavy atom. The van der Waals surface area contributed by atoms with E-state index in [-0.39, 0.29) is 11.4 Å². The molecular weight excluding hydrogens is 240 g/mol. The second-order valence-electron chi connectivity index (χ2n) is 4.96. The van der Waals surface area contributed by atoms with E-state index in [9.17, 15) is 4.79 Å². The van der Waals surface area contributed by atoms with E-state index in [0.29, 0.717) is 17.9 Å². The zero-order chi connectivity index (χ0) is 14.5. The summed E-state index contributed by atoms with van der Waals surface area (Å²) in [5.74, 6) is 0.441.